The molecule has 1 N–H and O–H groups in total. The first kappa shape index (κ1) is 14.3. The van der Waals surface area contributed by atoms with Gasteiger partial charge in [0.05, 0.1) is 6.61 Å². The van der Waals surface area contributed by atoms with E-state index in [0.29, 0.717) is 6.04 Å². The molecule has 0 radical (unpaired) electrons. The van der Waals surface area contributed by atoms with Crippen LogP contribution in [0.1, 0.15) is 39.0 Å². The van der Waals surface area contributed by atoms with Gasteiger partial charge in [0.1, 0.15) is 0 Å². The Morgan fingerprint density at radius 1 is 1.28 bits per heavy atom. The fraction of sp³-hybridized carbons (Fsp3) is 1.00. The van der Waals surface area contributed by atoms with Crippen LogP contribution in [0, 0.1) is 11.8 Å². The van der Waals surface area contributed by atoms with E-state index in [1.165, 1.54) is 45.2 Å². The van der Waals surface area contributed by atoms with Gasteiger partial charge < -0.3 is 10.1 Å². The summed E-state index contributed by atoms with van der Waals surface area (Å²) in [6, 6.07) is 1.45. The molecule has 1 aliphatic heterocycles. The molecule has 0 spiro atoms. The van der Waals surface area contributed by atoms with Gasteiger partial charge in [-0.25, -0.2) is 0 Å². The van der Waals surface area contributed by atoms with Crippen molar-refractivity contribution in [1.29, 1.82) is 0 Å². The third kappa shape index (κ3) is 3.46. The molecule has 3 nitrogen and oxygen atoms in total. The lowest BCUT2D eigenvalue weighted by atomic mass is 9.81. The van der Waals surface area contributed by atoms with E-state index in [1.807, 2.05) is 7.11 Å². The smallest absolute Gasteiger partial charge is 0.0502 e. The standard InChI is InChI=1S/C15H30N2O/c1-12-6-7-14(16-2)15(9-12)17-8-4-5-13(10-17)11-18-3/h12-16H,4-11H2,1-3H3. The lowest BCUT2D eigenvalue weighted by molar-refractivity contribution is 0.0370. The average Bonchev–Trinajstić information content (AvgIpc) is 2.39. The molecular formula is C15H30N2O. The Morgan fingerprint density at radius 3 is 2.83 bits per heavy atom. The molecule has 2 aliphatic rings. The van der Waals surface area contributed by atoms with Gasteiger partial charge in [-0.2, -0.15) is 0 Å². The molecule has 3 heteroatoms. The molecule has 2 rings (SSSR count). The molecule has 0 aromatic rings. The van der Waals surface area contributed by atoms with E-state index >= 15 is 0 Å². The zero-order valence-electron chi connectivity index (χ0n) is 12.3. The van der Waals surface area contributed by atoms with E-state index in [-0.39, 0.29) is 0 Å². The van der Waals surface area contributed by atoms with Gasteiger partial charge in [-0.3, -0.25) is 4.90 Å². The molecule has 1 aliphatic carbocycles. The summed E-state index contributed by atoms with van der Waals surface area (Å²) in [5, 5.41) is 3.55. The minimum Gasteiger partial charge on any atom is -0.384 e. The van der Waals surface area contributed by atoms with Crippen LogP contribution in [0.5, 0.6) is 0 Å². The van der Waals surface area contributed by atoms with E-state index in [0.717, 1.165) is 24.5 Å². The Bertz CT molecular complexity index is 245. The number of likely N-dealkylation sites (tertiary alicyclic amines) is 1. The molecule has 0 aromatic carbocycles. The van der Waals surface area contributed by atoms with Gasteiger partial charge >= 0.3 is 0 Å². The summed E-state index contributed by atoms with van der Waals surface area (Å²) in [4.78, 5) is 2.74. The number of rotatable bonds is 4. The van der Waals surface area contributed by atoms with Crippen LogP contribution < -0.4 is 5.32 Å². The van der Waals surface area contributed by atoms with Crippen LogP contribution in [0.3, 0.4) is 0 Å². The second-order valence-corrected chi connectivity index (χ2v) is 6.34. The average molecular weight is 254 g/mol. The van der Waals surface area contributed by atoms with Crippen LogP contribution in [0.2, 0.25) is 0 Å². The molecule has 1 saturated carbocycles. The molecule has 1 heterocycles. The number of piperidine rings is 1. The molecule has 4 unspecified atom stereocenters. The molecular weight excluding hydrogens is 224 g/mol. The highest BCUT2D eigenvalue weighted by Crippen LogP contribution is 2.30. The monoisotopic (exact) mass is 254 g/mol. The molecule has 106 valence electrons. The highest BCUT2D eigenvalue weighted by atomic mass is 16.5. The van der Waals surface area contributed by atoms with Gasteiger partial charge in [0.2, 0.25) is 0 Å². The van der Waals surface area contributed by atoms with Crippen molar-refractivity contribution in [1.82, 2.24) is 10.2 Å². The van der Waals surface area contributed by atoms with E-state index < -0.39 is 0 Å². The summed E-state index contributed by atoms with van der Waals surface area (Å²) in [6.07, 6.45) is 6.78. The molecule has 2 fully saturated rings. The number of methoxy groups -OCH3 is 1. The molecule has 4 atom stereocenters. The van der Waals surface area contributed by atoms with Gasteiger partial charge in [-0.05, 0) is 57.5 Å². The van der Waals surface area contributed by atoms with Crippen molar-refractivity contribution in [3.8, 4) is 0 Å². The predicted octanol–water partition coefficient (Wildman–Crippen LogP) is 2.12. The van der Waals surface area contributed by atoms with Gasteiger partial charge in [0.25, 0.3) is 0 Å². The summed E-state index contributed by atoms with van der Waals surface area (Å²) in [5.41, 5.74) is 0. The number of hydrogen-bond acceptors (Lipinski definition) is 3. The normalized spacial score (nSPS) is 38.8. The van der Waals surface area contributed by atoms with Gasteiger partial charge in [-0.15, -0.1) is 0 Å². The van der Waals surface area contributed by atoms with Gasteiger partial charge in [-0.1, -0.05) is 6.92 Å². The lowest BCUT2D eigenvalue weighted by Gasteiger charge is -2.45. The zero-order chi connectivity index (χ0) is 13.0. The Balaban J connectivity index is 1.94. The summed E-state index contributed by atoms with van der Waals surface area (Å²) >= 11 is 0. The van der Waals surface area contributed by atoms with Gasteiger partial charge in [0, 0.05) is 25.7 Å². The number of nitrogens with zero attached hydrogens (tertiary/aromatic N) is 1. The molecule has 0 amide bonds. The van der Waals surface area contributed by atoms with Crippen LogP contribution in [0.15, 0.2) is 0 Å². The number of nitrogens with one attached hydrogen (secondary N) is 1. The predicted molar refractivity (Wildman–Crippen MR) is 75.8 cm³/mol. The van der Waals surface area contributed by atoms with Crippen LogP contribution in [-0.2, 0) is 4.74 Å². The van der Waals surface area contributed by atoms with E-state index in [4.69, 9.17) is 4.74 Å². The van der Waals surface area contributed by atoms with Crippen LogP contribution in [-0.4, -0.2) is 50.8 Å². The van der Waals surface area contributed by atoms with Crippen molar-refractivity contribution in [2.24, 2.45) is 11.8 Å². The third-order valence-corrected chi connectivity index (χ3v) is 4.87. The third-order valence-electron chi connectivity index (χ3n) is 4.87. The summed E-state index contributed by atoms with van der Waals surface area (Å²) < 4.78 is 5.35. The van der Waals surface area contributed by atoms with E-state index in [1.54, 1.807) is 0 Å². The molecule has 1 saturated heterocycles. The summed E-state index contributed by atoms with van der Waals surface area (Å²) in [5.74, 6) is 1.64. The Kier molecular flexibility index (Phi) is 5.46. The highest BCUT2D eigenvalue weighted by molar-refractivity contribution is 4.91. The first-order valence-corrected chi connectivity index (χ1v) is 7.64. The van der Waals surface area contributed by atoms with E-state index in [9.17, 15) is 0 Å². The van der Waals surface area contributed by atoms with Crippen molar-refractivity contribution < 1.29 is 4.74 Å². The first-order chi connectivity index (χ1) is 8.74. The van der Waals surface area contributed by atoms with Crippen molar-refractivity contribution >= 4 is 0 Å². The topological polar surface area (TPSA) is 24.5 Å². The maximum Gasteiger partial charge on any atom is 0.0502 e. The Labute approximate surface area is 112 Å². The van der Waals surface area contributed by atoms with E-state index in [2.05, 4.69) is 24.2 Å². The number of likely N-dealkylation sites (N-methyl/N-ethyl adjacent to an activating group) is 1. The summed E-state index contributed by atoms with van der Waals surface area (Å²) in [7, 11) is 3.96. The summed E-state index contributed by atoms with van der Waals surface area (Å²) in [6.45, 7) is 5.87. The Morgan fingerprint density at radius 2 is 2.11 bits per heavy atom. The fourth-order valence-electron chi connectivity index (χ4n) is 3.86. The second-order valence-electron chi connectivity index (χ2n) is 6.34. The minimum absolute atomic E-state index is 0.697. The molecule has 18 heavy (non-hydrogen) atoms. The zero-order valence-corrected chi connectivity index (χ0v) is 12.3. The fourth-order valence-corrected chi connectivity index (χ4v) is 3.86. The Hall–Kier alpha value is -0.120. The minimum atomic E-state index is 0.697. The number of ether oxygens (including phenoxy) is 1. The van der Waals surface area contributed by atoms with Gasteiger partial charge in [0.15, 0.2) is 0 Å². The van der Waals surface area contributed by atoms with Crippen molar-refractivity contribution in [3.05, 3.63) is 0 Å². The highest BCUT2D eigenvalue weighted by Gasteiger charge is 2.34. The lowest BCUT2D eigenvalue weighted by Crippen LogP contribution is -2.55. The SMILES string of the molecule is CNC1CCC(C)CC1N1CCCC(COC)C1. The maximum absolute atomic E-state index is 5.35. The number of hydrogen-bond donors (Lipinski definition) is 1. The largest absolute Gasteiger partial charge is 0.384 e. The van der Waals surface area contributed by atoms with Crippen LogP contribution >= 0.6 is 0 Å². The van der Waals surface area contributed by atoms with Crippen LogP contribution in [0.4, 0.5) is 0 Å². The molecule has 0 bridgehead atoms. The van der Waals surface area contributed by atoms with Crippen LogP contribution in [0.25, 0.3) is 0 Å². The van der Waals surface area contributed by atoms with Crippen molar-refractivity contribution in [2.75, 3.05) is 33.9 Å². The van der Waals surface area contributed by atoms with Crippen molar-refractivity contribution in [3.63, 3.8) is 0 Å². The molecule has 0 aromatic heterocycles. The maximum atomic E-state index is 5.35. The first-order valence-electron chi connectivity index (χ1n) is 7.64. The van der Waals surface area contributed by atoms with Crippen molar-refractivity contribution in [2.45, 2.75) is 51.1 Å². The quantitative estimate of drug-likeness (QED) is 0.832. The second kappa shape index (κ2) is 6.88.